The zero-order chi connectivity index (χ0) is 27.5. The van der Waals surface area contributed by atoms with Gasteiger partial charge in [0.05, 0.1) is 28.5 Å². The van der Waals surface area contributed by atoms with Crippen LogP contribution in [0, 0.1) is 6.92 Å². The van der Waals surface area contributed by atoms with Crippen molar-refractivity contribution >= 4 is 39.3 Å². The molecule has 39 heavy (non-hydrogen) atoms. The maximum Gasteiger partial charge on any atom is 0.338 e. The van der Waals surface area contributed by atoms with Crippen molar-refractivity contribution in [3.8, 4) is 5.75 Å². The SMILES string of the molecule is CCOC(=O)C1=C(C)N=c2s/c(=C\c3cccc(OCc4ccc(Br)cc4)c3)c(=O)n2[C@H]1c1ccc(C)cc1. The van der Waals surface area contributed by atoms with Crippen molar-refractivity contribution in [1.29, 1.82) is 0 Å². The first-order valence-corrected chi connectivity index (χ1v) is 14.2. The Kier molecular flexibility index (Phi) is 7.95. The number of aromatic nitrogens is 1. The van der Waals surface area contributed by atoms with Gasteiger partial charge in [0.15, 0.2) is 4.80 Å². The normalized spacial score (nSPS) is 15.1. The summed E-state index contributed by atoms with van der Waals surface area (Å²) in [6.45, 7) is 6.23. The predicted molar refractivity (Wildman–Crippen MR) is 156 cm³/mol. The number of esters is 1. The molecular weight excluding hydrogens is 576 g/mol. The van der Waals surface area contributed by atoms with Gasteiger partial charge in [-0.05, 0) is 67.8 Å². The first-order chi connectivity index (χ1) is 18.8. The van der Waals surface area contributed by atoms with Crippen LogP contribution in [0.1, 0.15) is 42.1 Å². The maximum absolute atomic E-state index is 13.8. The number of carbonyl (C=O) groups excluding carboxylic acids is 1. The Bertz CT molecular complexity index is 1740. The third kappa shape index (κ3) is 5.82. The number of carbonyl (C=O) groups is 1. The van der Waals surface area contributed by atoms with E-state index in [0.29, 0.717) is 33.0 Å². The summed E-state index contributed by atoms with van der Waals surface area (Å²) in [6.07, 6.45) is 1.84. The molecule has 1 atom stereocenters. The molecule has 0 fully saturated rings. The Morgan fingerprint density at radius 3 is 2.54 bits per heavy atom. The molecule has 4 aromatic rings. The molecule has 0 spiro atoms. The van der Waals surface area contributed by atoms with Crippen LogP contribution in [0.3, 0.4) is 0 Å². The lowest BCUT2D eigenvalue weighted by atomic mass is 9.95. The van der Waals surface area contributed by atoms with Crippen LogP contribution in [0.2, 0.25) is 0 Å². The Balaban J connectivity index is 1.53. The lowest BCUT2D eigenvalue weighted by Gasteiger charge is -2.24. The van der Waals surface area contributed by atoms with Crippen LogP contribution >= 0.6 is 27.3 Å². The van der Waals surface area contributed by atoms with Crippen molar-refractivity contribution in [2.45, 2.75) is 33.4 Å². The molecule has 3 aromatic carbocycles. The number of hydrogen-bond acceptors (Lipinski definition) is 6. The number of ether oxygens (including phenoxy) is 2. The van der Waals surface area contributed by atoms with Crippen LogP contribution < -0.4 is 19.6 Å². The van der Waals surface area contributed by atoms with Gasteiger partial charge in [-0.3, -0.25) is 9.36 Å². The van der Waals surface area contributed by atoms with Crippen LogP contribution in [0.4, 0.5) is 0 Å². The van der Waals surface area contributed by atoms with E-state index in [4.69, 9.17) is 9.47 Å². The van der Waals surface area contributed by atoms with Crippen molar-refractivity contribution in [1.82, 2.24) is 4.57 Å². The molecule has 0 aliphatic carbocycles. The summed E-state index contributed by atoms with van der Waals surface area (Å²) in [4.78, 5) is 32.0. The van der Waals surface area contributed by atoms with E-state index in [1.165, 1.54) is 11.3 Å². The van der Waals surface area contributed by atoms with Crippen molar-refractivity contribution in [3.05, 3.63) is 130 Å². The van der Waals surface area contributed by atoms with E-state index in [2.05, 4.69) is 20.9 Å². The van der Waals surface area contributed by atoms with Gasteiger partial charge in [-0.25, -0.2) is 9.79 Å². The van der Waals surface area contributed by atoms with Gasteiger partial charge < -0.3 is 9.47 Å². The van der Waals surface area contributed by atoms with Crippen LogP contribution in [0.5, 0.6) is 5.75 Å². The Hall–Kier alpha value is -3.75. The largest absolute Gasteiger partial charge is 0.489 e. The predicted octanol–water partition coefficient (Wildman–Crippen LogP) is 5.45. The fourth-order valence-corrected chi connectivity index (χ4v) is 5.76. The molecule has 5 rings (SSSR count). The molecule has 1 aromatic heterocycles. The first-order valence-electron chi connectivity index (χ1n) is 12.6. The quantitative estimate of drug-likeness (QED) is 0.264. The fourth-order valence-electron chi connectivity index (χ4n) is 4.45. The Labute approximate surface area is 238 Å². The van der Waals surface area contributed by atoms with E-state index in [1.807, 2.05) is 85.8 Å². The third-order valence-electron chi connectivity index (χ3n) is 6.38. The van der Waals surface area contributed by atoms with Gasteiger partial charge in [0.25, 0.3) is 5.56 Å². The van der Waals surface area contributed by atoms with Crippen LogP contribution in [-0.2, 0) is 16.1 Å². The average Bonchev–Trinajstić information content (AvgIpc) is 3.22. The second-order valence-corrected chi connectivity index (χ2v) is 11.1. The number of fused-ring (bicyclic) bond motifs is 1. The van der Waals surface area contributed by atoms with Crippen LogP contribution in [-0.4, -0.2) is 17.1 Å². The van der Waals surface area contributed by atoms with Gasteiger partial charge in [0.2, 0.25) is 0 Å². The third-order valence-corrected chi connectivity index (χ3v) is 7.90. The smallest absolute Gasteiger partial charge is 0.338 e. The zero-order valence-electron chi connectivity index (χ0n) is 21.8. The molecule has 1 aliphatic rings. The lowest BCUT2D eigenvalue weighted by Crippen LogP contribution is -2.39. The highest BCUT2D eigenvalue weighted by atomic mass is 79.9. The zero-order valence-corrected chi connectivity index (χ0v) is 24.2. The molecule has 0 saturated carbocycles. The average molecular weight is 604 g/mol. The van der Waals surface area contributed by atoms with Crippen molar-refractivity contribution in [3.63, 3.8) is 0 Å². The minimum Gasteiger partial charge on any atom is -0.489 e. The van der Waals surface area contributed by atoms with E-state index < -0.39 is 12.0 Å². The standard InChI is InChI=1S/C31H27BrN2O4S/c1-4-37-30(36)27-20(3)33-31-34(28(27)23-12-8-19(2)9-13-23)29(35)26(39-31)17-22-6-5-7-25(16-22)38-18-21-10-14-24(32)15-11-21/h5-17,28H,4,18H2,1-3H3/b26-17-/t28-/m0/s1. The summed E-state index contributed by atoms with van der Waals surface area (Å²) in [5, 5.41) is 0. The van der Waals surface area contributed by atoms with Gasteiger partial charge in [-0.1, -0.05) is 81.4 Å². The van der Waals surface area contributed by atoms with E-state index >= 15 is 0 Å². The highest BCUT2D eigenvalue weighted by Crippen LogP contribution is 2.30. The van der Waals surface area contributed by atoms with Crippen molar-refractivity contribution in [2.75, 3.05) is 6.61 Å². The molecule has 0 bridgehead atoms. The second kappa shape index (κ2) is 11.6. The number of rotatable bonds is 7. The number of hydrogen-bond donors (Lipinski definition) is 0. The molecule has 0 saturated heterocycles. The van der Waals surface area contributed by atoms with E-state index in [0.717, 1.165) is 26.7 Å². The van der Waals surface area contributed by atoms with Crippen molar-refractivity contribution < 1.29 is 14.3 Å². The van der Waals surface area contributed by atoms with Crippen LogP contribution in [0.15, 0.2) is 98.3 Å². The number of aryl methyl sites for hydroxylation is 1. The number of nitrogens with zero attached hydrogens (tertiary/aromatic N) is 2. The van der Waals surface area contributed by atoms with Gasteiger partial charge in [0.1, 0.15) is 12.4 Å². The maximum atomic E-state index is 13.8. The highest BCUT2D eigenvalue weighted by Gasteiger charge is 2.33. The van der Waals surface area contributed by atoms with Crippen LogP contribution in [0.25, 0.3) is 6.08 Å². The van der Waals surface area contributed by atoms with E-state index in [9.17, 15) is 9.59 Å². The first kappa shape index (κ1) is 26.8. The summed E-state index contributed by atoms with van der Waals surface area (Å²) in [7, 11) is 0. The summed E-state index contributed by atoms with van der Waals surface area (Å²) in [6, 6.07) is 22.8. The second-order valence-electron chi connectivity index (χ2n) is 9.20. The van der Waals surface area contributed by atoms with Crippen molar-refractivity contribution in [2.24, 2.45) is 4.99 Å². The van der Waals surface area contributed by atoms with Gasteiger partial charge >= 0.3 is 5.97 Å². The summed E-state index contributed by atoms with van der Waals surface area (Å²) >= 11 is 4.75. The molecule has 6 nitrogen and oxygen atoms in total. The molecule has 0 radical (unpaired) electrons. The number of halogens is 1. The lowest BCUT2D eigenvalue weighted by molar-refractivity contribution is -0.139. The van der Waals surface area contributed by atoms with E-state index in [-0.39, 0.29) is 12.2 Å². The van der Waals surface area contributed by atoms with Gasteiger partial charge in [0, 0.05) is 4.47 Å². The molecule has 8 heteroatoms. The number of benzene rings is 3. The molecular formula is C31H27BrN2O4S. The number of allylic oxidation sites excluding steroid dienone is 1. The molecule has 1 aliphatic heterocycles. The topological polar surface area (TPSA) is 69.9 Å². The summed E-state index contributed by atoms with van der Waals surface area (Å²) in [5.41, 5.74) is 4.53. The van der Waals surface area contributed by atoms with Gasteiger partial charge in [-0.15, -0.1) is 0 Å². The molecule has 198 valence electrons. The number of thiazole rings is 1. The summed E-state index contributed by atoms with van der Waals surface area (Å²) in [5.74, 6) is 0.242. The minimum absolute atomic E-state index is 0.209. The summed E-state index contributed by atoms with van der Waals surface area (Å²) < 4.78 is 14.5. The highest BCUT2D eigenvalue weighted by molar-refractivity contribution is 9.10. The fraction of sp³-hybridized carbons (Fsp3) is 0.194. The monoisotopic (exact) mass is 602 g/mol. The Morgan fingerprint density at radius 2 is 1.82 bits per heavy atom. The minimum atomic E-state index is -0.622. The molecule has 0 amide bonds. The molecule has 0 unspecified atom stereocenters. The Morgan fingerprint density at radius 1 is 1.08 bits per heavy atom. The van der Waals surface area contributed by atoms with Gasteiger partial charge in [-0.2, -0.15) is 0 Å². The van der Waals surface area contributed by atoms with E-state index in [1.54, 1.807) is 18.4 Å². The molecule has 0 N–H and O–H groups in total. The molecule has 2 heterocycles.